The van der Waals surface area contributed by atoms with Gasteiger partial charge in [-0.2, -0.15) is 5.10 Å². The van der Waals surface area contributed by atoms with Crippen LogP contribution >= 0.6 is 11.6 Å². The highest BCUT2D eigenvalue weighted by Gasteiger charge is 2.13. The molecule has 3 aromatic heterocycles. The van der Waals surface area contributed by atoms with Gasteiger partial charge in [-0.3, -0.25) is 14.2 Å². The molecule has 4 aromatic rings. The summed E-state index contributed by atoms with van der Waals surface area (Å²) in [5, 5.41) is 12.1. The van der Waals surface area contributed by atoms with Crippen molar-refractivity contribution < 1.29 is 9.32 Å². The minimum atomic E-state index is -0.167. The van der Waals surface area contributed by atoms with E-state index >= 15 is 0 Å². The summed E-state index contributed by atoms with van der Waals surface area (Å²) in [4.78, 5) is 29.4. The Morgan fingerprint density at radius 3 is 2.72 bits per heavy atom. The Kier molecular flexibility index (Phi) is 6.36. The maximum absolute atomic E-state index is 12.8. The van der Waals surface area contributed by atoms with E-state index in [0.717, 1.165) is 22.6 Å². The van der Waals surface area contributed by atoms with Crippen molar-refractivity contribution in [2.24, 2.45) is 0 Å². The molecule has 10 heteroatoms. The smallest absolute Gasteiger partial charge is 0.264 e. The lowest BCUT2D eigenvalue weighted by Gasteiger charge is -2.08. The number of halogens is 1. The number of amides is 1. The first-order chi connectivity index (χ1) is 15.4. The number of aryl methyl sites for hydroxylation is 2. The molecule has 32 heavy (non-hydrogen) atoms. The van der Waals surface area contributed by atoms with Crippen molar-refractivity contribution >= 4 is 28.5 Å². The maximum Gasteiger partial charge on any atom is 0.264 e. The summed E-state index contributed by atoms with van der Waals surface area (Å²) in [7, 11) is 0. The third-order valence-corrected chi connectivity index (χ3v) is 5.57. The van der Waals surface area contributed by atoms with Gasteiger partial charge in [0, 0.05) is 23.6 Å². The van der Waals surface area contributed by atoms with Crippen LogP contribution in [0.1, 0.15) is 29.0 Å². The number of hydrogen-bond acceptors (Lipinski definition) is 6. The zero-order valence-corrected chi connectivity index (χ0v) is 18.6. The van der Waals surface area contributed by atoms with E-state index in [1.165, 1.54) is 17.1 Å². The number of aromatic nitrogens is 5. The van der Waals surface area contributed by atoms with Crippen LogP contribution in [0.5, 0.6) is 0 Å². The number of carbonyl (C=O) groups excluding carboxylic acids is 1. The summed E-state index contributed by atoms with van der Waals surface area (Å²) < 4.78 is 8.28. The van der Waals surface area contributed by atoms with Crippen molar-refractivity contribution in [1.82, 2.24) is 29.8 Å². The van der Waals surface area contributed by atoms with Gasteiger partial charge in [0.15, 0.2) is 5.65 Å². The quantitative estimate of drug-likeness (QED) is 0.438. The molecule has 0 atom stereocenters. The summed E-state index contributed by atoms with van der Waals surface area (Å²) in [6.45, 7) is 4.89. The summed E-state index contributed by atoms with van der Waals surface area (Å²) in [5.41, 5.74) is 3.06. The van der Waals surface area contributed by atoms with Gasteiger partial charge in [-0.05, 0) is 38.0 Å². The third-order valence-electron chi connectivity index (χ3n) is 5.32. The second kappa shape index (κ2) is 9.35. The average Bonchev–Trinajstić information content (AvgIpc) is 3.33. The van der Waals surface area contributed by atoms with Crippen LogP contribution in [0.3, 0.4) is 0 Å². The Labute approximate surface area is 189 Å². The Morgan fingerprint density at radius 1 is 1.22 bits per heavy atom. The van der Waals surface area contributed by atoms with E-state index in [-0.39, 0.29) is 11.5 Å². The van der Waals surface area contributed by atoms with E-state index in [4.69, 9.17) is 16.1 Å². The third kappa shape index (κ3) is 4.72. The van der Waals surface area contributed by atoms with Crippen molar-refractivity contribution in [3.8, 4) is 0 Å². The molecule has 9 nitrogen and oxygen atoms in total. The number of hydrogen-bond donors (Lipinski definition) is 1. The minimum Gasteiger partial charge on any atom is -0.361 e. The molecular formula is C22H23ClN6O3. The van der Waals surface area contributed by atoms with Crippen molar-refractivity contribution in [2.75, 3.05) is 6.54 Å². The van der Waals surface area contributed by atoms with Gasteiger partial charge in [0.1, 0.15) is 17.5 Å². The zero-order chi connectivity index (χ0) is 22.7. The number of fused-ring (bicyclic) bond motifs is 1. The summed E-state index contributed by atoms with van der Waals surface area (Å²) in [5.74, 6) is 0.672. The van der Waals surface area contributed by atoms with Crippen LogP contribution < -0.4 is 10.9 Å². The van der Waals surface area contributed by atoms with Crippen molar-refractivity contribution in [3.63, 3.8) is 0 Å². The van der Waals surface area contributed by atoms with Crippen molar-refractivity contribution in [2.45, 2.75) is 39.8 Å². The maximum atomic E-state index is 12.8. The van der Waals surface area contributed by atoms with Gasteiger partial charge in [-0.1, -0.05) is 28.9 Å². The number of nitrogens with zero attached hydrogens (tertiary/aromatic N) is 5. The lowest BCUT2D eigenvalue weighted by molar-refractivity contribution is -0.121. The van der Waals surface area contributed by atoms with E-state index in [9.17, 15) is 9.59 Å². The Bertz CT molecular complexity index is 1290. The van der Waals surface area contributed by atoms with E-state index in [2.05, 4.69) is 20.6 Å². The first-order valence-corrected chi connectivity index (χ1v) is 10.6. The van der Waals surface area contributed by atoms with Crippen LogP contribution in [0.15, 0.2) is 46.1 Å². The molecule has 0 fully saturated rings. The predicted octanol–water partition coefficient (Wildman–Crippen LogP) is 2.65. The highest BCUT2D eigenvalue weighted by Crippen LogP contribution is 2.14. The predicted molar refractivity (Wildman–Crippen MR) is 120 cm³/mol. The van der Waals surface area contributed by atoms with Gasteiger partial charge in [-0.25, -0.2) is 9.67 Å². The van der Waals surface area contributed by atoms with E-state index in [0.29, 0.717) is 48.5 Å². The number of rotatable bonds is 8. The van der Waals surface area contributed by atoms with Crippen LogP contribution in [0.4, 0.5) is 0 Å². The summed E-state index contributed by atoms with van der Waals surface area (Å²) in [6, 6.07) is 7.32. The van der Waals surface area contributed by atoms with Crippen LogP contribution in [-0.4, -0.2) is 36.9 Å². The largest absolute Gasteiger partial charge is 0.361 e. The van der Waals surface area contributed by atoms with Crippen LogP contribution in [0.25, 0.3) is 11.0 Å². The van der Waals surface area contributed by atoms with Gasteiger partial charge in [0.2, 0.25) is 5.91 Å². The molecule has 4 rings (SSSR count). The van der Waals surface area contributed by atoms with E-state index in [1.54, 1.807) is 16.8 Å². The lowest BCUT2D eigenvalue weighted by atomic mass is 10.1. The first-order valence-electron chi connectivity index (χ1n) is 10.3. The van der Waals surface area contributed by atoms with Gasteiger partial charge in [0.05, 0.1) is 25.0 Å². The normalized spacial score (nSPS) is 11.2. The molecule has 0 spiro atoms. The minimum absolute atomic E-state index is 0.0697. The molecule has 0 radical (unpaired) electrons. The Balaban J connectivity index is 1.35. The van der Waals surface area contributed by atoms with Crippen LogP contribution in [-0.2, 0) is 24.3 Å². The first kappa shape index (κ1) is 21.8. The second-order valence-electron chi connectivity index (χ2n) is 7.56. The van der Waals surface area contributed by atoms with E-state index in [1.807, 2.05) is 26.0 Å². The highest BCUT2D eigenvalue weighted by molar-refractivity contribution is 6.30. The SMILES string of the molecule is Cc1noc(C)c1CCC(=O)NCCn1ncc2c(=O)n(Cc3ccc(Cl)cc3)cnc21. The van der Waals surface area contributed by atoms with Crippen LogP contribution in [0, 0.1) is 13.8 Å². The lowest BCUT2D eigenvalue weighted by Crippen LogP contribution is -2.28. The molecule has 1 N–H and O–H groups in total. The summed E-state index contributed by atoms with van der Waals surface area (Å²) >= 11 is 5.92. The van der Waals surface area contributed by atoms with Gasteiger partial charge >= 0.3 is 0 Å². The molecule has 0 saturated heterocycles. The second-order valence-corrected chi connectivity index (χ2v) is 8.00. The zero-order valence-electron chi connectivity index (χ0n) is 17.8. The standard InChI is InChI=1S/C22H23ClN6O3/c1-14-18(15(2)32-27-14)7-8-20(30)24-9-10-29-21-19(11-26-29)22(31)28(13-25-21)12-16-3-5-17(23)6-4-16/h3-6,11,13H,7-10,12H2,1-2H3,(H,24,30). The molecule has 166 valence electrons. The Hall–Kier alpha value is -3.46. The molecule has 1 aromatic carbocycles. The molecule has 1 amide bonds. The van der Waals surface area contributed by atoms with Gasteiger partial charge < -0.3 is 9.84 Å². The van der Waals surface area contributed by atoms with Crippen LogP contribution in [0.2, 0.25) is 5.02 Å². The van der Waals surface area contributed by atoms with Gasteiger partial charge in [-0.15, -0.1) is 0 Å². The molecular weight excluding hydrogens is 432 g/mol. The fraction of sp³-hybridized carbons (Fsp3) is 0.318. The highest BCUT2D eigenvalue weighted by atomic mass is 35.5. The Morgan fingerprint density at radius 2 is 2.00 bits per heavy atom. The topological polar surface area (TPSA) is 108 Å². The molecule has 0 aliphatic carbocycles. The number of carbonyl (C=O) groups is 1. The average molecular weight is 455 g/mol. The van der Waals surface area contributed by atoms with Crippen molar-refractivity contribution in [1.29, 1.82) is 0 Å². The number of nitrogens with one attached hydrogen (secondary N) is 1. The summed E-state index contributed by atoms with van der Waals surface area (Å²) in [6.07, 6.45) is 3.95. The van der Waals surface area contributed by atoms with E-state index < -0.39 is 0 Å². The molecule has 3 heterocycles. The molecule has 0 aliphatic rings. The number of benzene rings is 1. The molecule has 0 aliphatic heterocycles. The monoisotopic (exact) mass is 454 g/mol. The molecule has 0 unspecified atom stereocenters. The molecule has 0 saturated carbocycles. The van der Waals surface area contributed by atoms with Crippen molar-refractivity contribution in [3.05, 3.63) is 74.7 Å². The fourth-order valence-electron chi connectivity index (χ4n) is 3.55. The van der Waals surface area contributed by atoms with Gasteiger partial charge in [0.25, 0.3) is 5.56 Å². The fourth-order valence-corrected chi connectivity index (χ4v) is 3.67. The molecule has 0 bridgehead atoms.